The van der Waals surface area contributed by atoms with Crippen LogP contribution in [0.25, 0.3) is 0 Å². The van der Waals surface area contributed by atoms with Gasteiger partial charge in [0.1, 0.15) is 0 Å². The van der Waals surface area contributed by atoms with E-state index in [1.807, 2.05) is 13.1 Å². The quantitative estimate of drug-likeness (QED) is 0.652. The third-order valence-corrected chi connectivity index (χ3v) is 2.55. The van der Waals surface area contributed by atoms with E-state index in [-0.39, 0.29) is 0 Å². The Hall–Kier alpha value is -0.870. The predicted molar refractivity (Wildman–Crippen MR) is 57.8 cm³/mol. The van der Waals surface area contributed by atoms with Crippen LogP contribution in [0.4, 0.5) is 0 Å². The first-order valence-electron chi connectivity index (χ1n) is 5.07. The lowest BCUT2D eigenvalue weighted by Crippen LogP contribution is -2.39. The van der Waals surface area contributed by atoms with Crippen LogP contribution in [0.1, 0.15) is 25.1 Å². The van der Waals surface area contributed by atoms with Crippen LogP contribution in [0.3, 0.4) is 0 Å². The van der Waals surface area contributed by atoms with E-state index in [9.17, 15) is 0 Å². The highest BCUT2D eigenvalue weighted by atomic mass is 15.1. The molecule has 1 heterocycles. The molecule has 0 aromatic carbocycles. The van der Waals surface area contributed by atoms with E-state index in [2.05, 4.69) is 29.4 Å². The predicted octanol–water partition coefficient (Wildman–Crippen LogP) is 0.791. The van der Waals surface area contributed by atoms with Crippen LogP contribution in [0.2, 0.25) is 0 Å². The number of hydrogen-bond acceptors (Lipinski definition) is 3. The second-order valence-corrected chi connectivity index (χ2v) is 3.99. The minimum Gasteiger partial charge on any atom is -0.329 e. The van der Waals surface area contributed by atoms with Crippen molar-refractivity contribution in [2.24, 2.45) is 11.7 Å². The molecule has 0 radical (unpaired) electrons. The highest BCUT2D eigenvalue weighted by Gasteiger charge is 2.10. The van der Waals surface area contributed by atoms with Gasteiger partial charge < -0.3 is 11.1 Å². The van der Waals surface area contributed by atoms with Gasteiger partial charge in [-0.1, -0.05) is 13.8 Å². The number of nitrogens with zero attached hydrogens (tertiary/aromatic N) is 1. The Bertz CT molecular complexity index is 267. The summed E-state index contributed by atoms with van der Waals surface area (Å²) in [5.74, 6) is 0.562. The summed E-state index contributed by atoms with van der Waals surface area (Å²) in [4.78, 5) is 0. The minimum absolute atomic E-state index is 0.379. The van der Waals surface area contributed by atoms with Crippen LogP contribution in [-0.2, 0) is 6.54 Å². The van der Waals surface area contributed by atoms with Gasteiger partial charge in [0.15, 0.2) is 0 Å². The van der Waals surface area contributed by atoms with Crippen LogP contribution in [0, 0.1) is 12.8 Å². The molecular weight excluding hydrogens is 176 g/mol. The van der Waals surface area contributed by atoms with E-state index in [4.69, 9.17) is 5.73 Å². The maximum absolute atomic E-state index is 5.67. The minimum atomic E-state index is 0.379. The van der Waals surface area contributed by atoms with Crippen LogP contribution in [0.5, 0.6) is 0 Å². The molecule has 4 nitrogen and oxygen atoms in total. The highest BCUT2D eigenvalue weighted by Crippen LogP contribution is 2.05. The van der Waals surface area contributed by atoms with Crippen LogP contribution >= 0.6 is 0 Å². The average Bonchev–Trinajstić information content (AvgIpc) is 2.52. The fraction of sp³-hybridized carbons (Fsp3) is 0.700. The number of nitrogens with one attached hydrogen (secondary N) is 2. The number of nitrogens with two attached hydrogens (primary N) is 1. The number of H-pyrrole nitrogens is 1. The molecule has 0 aliphatic rings. The number of rotatable bonds is 5. The second-order valence-electron chi connectivity index (χ2n) is 3.99. The molecule has 4 heteroatoms. The average molecular weight is 196 g/mol. The van der Waals surface area contributed by atoms with Crippen LogP contribution in [-0.4, -0.2) is 22.8 Å². The molecule has 0 amide bonds. The van der Waals surface area contributed by atoms with Gasteiger partial charge in [-0.25, -0.2) is 0 Å². The maximum Gasteiger partial charge on any atom is 0.0535 e. The molecule has 0 saturated heterocycles. The third-order valence-electron chi connectivity index (χ3n) is 2.55. The third kappa shape index (κ3) is 2.82. The lowest BCUT2D eigenvalue weighted by atomic mass is 10.0. The van der Waals surface area contributed by atoms with E-state index in [0.717, 1.165) is 12.2 Å². The normalized spacial score (nSPS) is 13.5. The first kappa shape index (κ1) is 11.2. The summed E-state index contributed by atoms with van der Waals surface area (Å²) in [6, 6.07) is 0.379. The van der Waals surface area contributed by atoms with E-state index in [0.29, 0.717) is 18.5 Å². The topological polar surface area (TPSA) is 66.7 Å². The molecule has 1 aromatic rings. The van der Waals surface area contributed by atoms with Gasteiger partial charge in [-0.2, -0.15) is 5.10 Å². The molecule has 0 saturated carbocycles. The number of hydrogen-bond donors (Lipinski definition) is 3. The zero-order chi connectivity index (χ0) is 10.6. The molecule has 1 atom stereocenters. The van der Waals surface area contributed by atoms with E-state index in [1.54, 1.807) is 0 Å². The Balaban J connectivity index is 2.43. The van der Waals surface area contributed by atoms with Crippen molar-refractivity contribution in [1.82, 2.24) is 15.5 Å². The molecule has 1 aromatic heterocycles. The van der Waals surface area contributed by atoms with Gasteiger partial charge in [-0.15, -0.1) is 0 Å². The Morgan fingerprint density at radius 1 is 1.57 bits per heavy atom. The SMILES string of the molecule is Cc1[nH]ncc1CNC(CN)C(C)C. The van der Waals surface area contributed by atoms with Gasteiger partial charge in [-0.05, 0) is 12.8 Å². The molecule has 0 fully saturated rings. The van der Waals surface area contributed by atoms with Crippen molar-refractivity contribution in [3.05, 3.63) is 17.5 Å². The monoisotopic (exact) mass is 196 g/mol. The lowest BCUT2D eigenvalue weighted by molar-refractivity contribution is 0.404. The van der Waals surface area contributed by atoms with Crippen LogP contribution < -0.4 is 11.1 Å². The fourth-order valence-electron chi connectivity index (χ4n) is 1.39. The van der Waals surface area contributed by atoms with Crippen molar-refractivity contribution in [3.63, 3.8) is 0 Å². The van der Waals surface area contributed by atoms with Gasteiger partial charge >= 0.3 is 0 Å². The van der Waals surface area contributed by atoms with Gasteiger partial charge in [0.25, 0.3) is 0 Å². The number of aromatic amines is 1. The summed E-state index contributed by atoms with van der Waals surface area (Å²) < 4.78 is 0. The largest absolute Gasteiger partial charge is 0.329 e. The Morgan fingerprint density at radius 3 is 2.71 bits per heavy atom. The molecule has 0 aliphatic carbocycles. The van der Waals surface area contributed by atoms with Crippen molar-refractivity contribution in [1.29, 1.82) is 0 Å². The first-order valence-corrected chi connectivity index (χ1v) is 5.07. The summed E-state index contributed by atoms with van der Waals surface area (Å²) in [5.41, 5.74) is 8.00. The fourth-order valence-corrected chi connectivity index (χ4v) is 1.39. The summed E-state index contributed by atoms with van der Waals surface area (Å²) >= 11 is 0. The zero-order valence-corrected chi connectivity index (χ0v) is 9.17. The lowest BCUT2D eigenvalue weighted by Gasteiger charge is -2.20. The molecule has 4 N–H and O–H groups in total. The van der Waals surface area contributed by atoms with Crippen molar-refractivity contribution >= 4 is 0 Å². The molecule has 1 unspecified atom stereocenters. The van der Waals surface area contributed by atoms with E-state index >= 15 is 0 Å². The van der Waals surface area contributed by atoms with Gasteiger partial charge in [0.2, 0.25) is 0 Å². The summed E-state index contributed by atoms with van der Waals surface area (Å²) in [6.45, 7) is 7.88. The van der Waals surface area contributed by atoms with Crippen molar-refractivity contribution in [2.75, 3.05) is 6.54 Å². The Kier molecular flexibility index (Phi) is 4.10. The van der Waals surface area contributed by atoms with Gasteiger partial charge in [-0.3, -0.25) is 5.10 Å². The van der Waals surface area contributed by atoms with Crippen molar-refractivity contribution in [2.45, 2.75) is 33.4 Å². The summed E-state index contributed by atoms with van der Waals surface area (Å²) in [7, 11) is 0. The smallest absolute Gasteiger partial charge is 0.0535 e. The highest BCUT2D eigenvalue weighted by molar-refractivity contribution is 5.13. The molecule has 1 rings (SSSR count). The van der Waals surface area contributed by atoms with Gasteiger partial charge in [0, 0.05) is 30.4 Å². The Morgan fingerprint density at radius 2 is 2.29 bits per heavy atom. The molecular formula is C10H20N4. The standard InChI is InChI=1S/C10H20N4/c1-7(2)10(4-11)12-5-9-6-13-14-8(9)3/h6-7,10,12H,4-5,11H2,1-3H3,(H,13,14). The molecule has 0 aliphatic heterocycles. The summed E-state index contributed by atoms with van der Waals surface area (Å²) in [5, 5.41) is 10.3. The number of aryl methyl sites for hydroxylation is 1. The van der Waals surface area contributed by atoms with E-state index < -0.39 is 0 Å². The molecule has 80 valence electrons. The molecule has 0 bridgehead atoms. The first-order chi connectivity index (χ1) is 6.65. The van der Waals surface area contributed by atoms with Crippen molar-refractivity contribution < 1.29 is 0 Å². The van der Waals surface area contributed by atoms with Gasteiger partial charge in [0.05, 0.1) is 6.20 Å². The maximum atomic E-state index is 5.67. The number of aromatic nitrogens is 2. The molecule has 14 heavy (non-hydrogen) atoms. The zero-order valence-electron chi connectivity index (χ0n) is 9.17. The summed E-state index contributed by atoms with van der Waals surface area (Å²) in [6.07, 6.45) is 1.86. The van der Waals surface area contributed by atoms with Crippen LogP contribution in [0.15, 0.2) is 6.20 Å². The van der Waals surface area contributed by atoms with Crippen molar-refractivity contribution in [3.8, 4) is 0 Å². The second kappa shape index (κ2) is 5.12. The van der Waals surface area contributed by atoms with E-state index in [1.165, 1.54) is 5.56 Å². The molecule has 0 spiro atoms. The Labute approximate surface area is 85.3 Å².